The standard InChI is InChI=1S/C34H45N2O2PS/c1-29(2)36(30(3)4)39(38-27-25-35-5)37-26-17-6-7-18-28-40-34(31-19-11-8-12-20-31,32-21-13-9-14-22-32)33-23-15-10-16-24-33/h8-16,19-24,29-30H,6-7,17-18,25-28H2,1-4H3. The second kappa shape index (κ2) is 17.6. The van der Waals surface area contributed by atoms with Gasteiger partial charge in [-0.2, -0.15) is 0 Å². The maximum atomic E-state index is 7.05. The average molecular weight is 577 g/mol. The topological polar surface area (TPSA) is 26.1 Å². The van der Waals surface area contributed by atoms with Crippen LogP contribution >= 0.6 is 20.3 Å². The van der Waals surface area contributed by atoms with Gasteiger partial charge in [0, 0.05) is 12.1 Å². The van der Waals surface area contributed by atoms with Crippen LogP contribution in [0.1, 0.15) is 70.1 Å². The van der Waals surface area contributed by atoms with Crippen molar-refractivity contribution in [3.05, 3.63) is 119 Å². The monoisotopic (exact) mass is 576 g/mol. The van der Waals surface area contributed by atoms with Crippen LogP contribution in [0, 0.1) is 6.57 Å². The molecule has 0 saturated heterocycles. The molecule has 40 heavy (non-hydrogen) atoms. The van der Waals surface area contributed by atoms with Crippen molar-refractivity contribution < 1.29 is 9.05 Å². The lowest BCUT2D eigenvalue weighted by Crippen LogP contribution is -2.33. The molecular formula is C34H45N2O2PS. The maximum absolute atomic E-state index is 7.05. The first-order valence-electron chi connectivity index (χ1n) is 14.5. The van der Waals surface area contributed by atoms with E-state index in [9.17, 15) is 0 Å². The molecule has 3 aromatic rings. The molecule has 0 aliphatic rings. The van der Waals surface area contributed by atoms with Crippen molar-refractivity contribution >= 4 is 20.3 Å². The lowest BCUT2D eigenvalue weighted by Gasteiger charge is -2.35. The minimum absolute atomic E-state index is 0.247. The number of nitrogens with zero attached hydrogens (tertiary/aromatic N) is 2. The summed E-state index contributed by atoms with van der Waals surface area (Å²) in [6, 6.07) is 33.4. The molecule has 4 nitrogen and oxygen atoms in total. The van der Waals surface area contributed by atoms with Gasteiger partial charge in [-0.15, -0.1) is 11.8 Å². The lowest BCUT2D eigenvalue weighted by atomic mass is 9.84. The molecule has 0 aromatic heterocycles. The number of thioether (sulfide) groups is 1. The maximum Gasteiger partial charge on any atom is 0.259 e. The van der Waals surface area contributed by atoms with Gasteiger partial charge in [-0.05, 0) is 63.0 Å². The molecule has 0 fully saturated rings. The van der Waals surface area contributed by atoms with Gasteiger partial charge in [-0.1, -0.05) is 104 Å². The fourth-order valence-corrected chi connectivity index (χ4v) is 8.18. The molecule has 0 heterocycles. The Balaban J connectivity index is 1.59. The highest BCUT2D eigenvalue weighted by Gasteiger charge is 2.36. The highest BCUT2D eigenvalue weighted by molar-refractivity contribution is 8.00. The zero-order chi connectivity index (χ0) is 28.6. The van der Waals surface area contributed by atoms with E-state index in [4.69, 9.17) is 15.6 Å². The Morgan fingerprint density at radius 2 is 1.15 bits per heavy atom. The summed E-state index contributed by atoms with van der Waals surface area (Å²) in [6.45, 7) is 17.2. The molecule has 1 unspecified atom stereocenters. The van der Waals surface area contributed by atoms with Crippen LogP contribution in [-0.2, 0) is 13.8 Å². The van der Waals surface area contributed by atoms with Crippen LogP contribution in [0.5, 0.6) is 0 Å². The third-order valence-corrected chi connectivity index (χ3v) is 10.5. The van der Waals surface area contributed by atoms with Gasteiger partial charge in [-0.3, -0.25) is 0 Å². The van der Waals surface area contributed by atoms with Crippen LogP contribution in [0.4, 0.5) is 0 Å². The largest absolute Gasteiger partial charge is 0.322 e. The molecule has 0 radical (unpaired) electrons. The van der Waals surface area contributed by atoms with Crippen LogP contribution in [0.3, 0.4) is 0 Å². The summed E-state index contributed by atoms with van der Waals surface area (Å²) in [6.07, 6.45) is 4.46. The smallest absolute Gasteiger partial charge is 0.259 e. The van der Waals surface area contributed by atoms with E-state index in [0.29, 0.717) is 31.8 Å². The van der Waals surface area contributed by atoms with Gasteiger partial charge >= 0.3 is 0 Å². The Morgan fingerprint density at radius 1 is 0.700 bits per heavy atom. The Hall–Kier alpha value is -2.19. The van der Waals surface area contributed by atoms with Crippen LogP contribution < -0.4 is 0 Å². The van der Waals surface area contributed by atoms with E-state index in [1.165, 1.54) is 23.1 Å². The molecule has 0 N–H and O–H groups in total. The molecule has 3 rings (SSSR count). The highest BCUT2D eigenvalue weighted by Crippen LogP contribution is 2.49. The molecule has 1 atom stereocenters. The molecular weight excluding hydrogens is 531 g/mol. The van der Waals surface area contributed by atoms with Crippen LogP contribution in [0.2, 0.25) is 0 Å². The average Bonchev–Trinajstić information content (AvgIpc) is 2.97. The van der Waals surface area contributed by atoms with E-state index in [0.717, 1.165) is 25.0 Å². The zero-order valence-corrected chi connectivity index (χ0v) is 26.2. The predicted octanol–water partition coefficient (Wildman–Crippen LogP) is 9.57. The number of unbranched alkanes of at least 4 members (excludes halogenated alkanes) is 3. The molecule has 3 aromatic carbocycles. The molecule has 6 heteroatoms. The fraction of sp³-hybridized carbons (Fsp3) is 0.441. The second-order valence-electron chi connectivity index (χ2n) is 10.4. The van der Waals surface area contributed by atoms with Crippen molar-refractivity contribution in [1.29, 1.82) is 0 Å². The van der Waals surface area contributed by atoms with Gasteiger partial charge in [0.1, 0.15) is 6.61 Å². The van der Waals surface area contributed by atoms with E-state index in [1.54, 1.807) is 0 Å². The van der Waals surface area contributed by atoms with Gasteiger partial charge < -0.3 is 13.9 Å². The third-order valence-electron chi connectivity index (χ3n) is 6.75. The van der Waals surface area contributed by atoms with E-state index >= 15 is 0 Å². The molecule has 214 valence electrons. The fourth-order valence-electron chi connectivity index (χ4n) is 5.00. The Kier molecular flexibility index (Phi) is 14.2. The van der Waals surface area contributed by atoms with Gasteiger partial charge in [-0.25, -0.2) is 11.2 Å². The molecule has 0 saturated carbocycles. The summed E-state index contributed by atoms with van der Waals surface area (Å²) >= 11 is 2.04. The number of hydrogen-bond donors (Lipinski definition) is 0. The summed E-state index contributed by atoms with van der Waals surface area (Å²) in [4.78, 5) is 3.43. The Bertz CT molecular complexity index is 1020. The molecule has 0 aliphatic carbocycles. The summed E-state index contributed by atoms with van der Waals surface area (Å²) in [5.74, 6) is 1.07. The van der Waals surface area contributed by atoms with E-state index in [-0.39, 0.29) is 4.75 Å². The van der Waals surface area contributed by atoms with Crippen molar-refractivity contribution in [3.8, 4) is 0 Å². The van der Waals surface area contributed by atoms with Gasteiger partial charge in [0.2, 0.25) is 6.54 Å². The van der Waals surface area contributed by atoms with Crippen LogP contribution in [-0.4, -0.2) is 42.3 Å². The van der Waals surface area contributed by atoms with Crippen LogP contribution in [0.15, 0.2) is 91.0 Å². The third kappa shape index (κ3) is 9.16. The number of benzene rings is 3. The van der Waals surface area contributed by atoms with Crippen molar-refractivity contribution in [3.63, 3.8) is 0 Å². The minimum atomic E-state index is -1.15. The number of hydrogen-bond acceptors (Lipinski definition) is 4. The SMILES string of the molecule is [C-]#[N+]CCOP(OCCCCCCSC(c1ccccc1)(c1ccccc1)c1ccccc1)N(C(C)C)C(C)C. The first-order chi connectivity index (χ1) is 19.5. The van der Waals surface area contributed by atoms with E-state index in [2.05, 4.69) is 128 Å². The minimum Gasteiger partial charge on any atom is -0.322 e. The van der Waals surface area contributed by atoms with Crippen molar-refractivity contribution in [2.45, 2.75) is 70.2 Å². The van der Waals surface area contributed by atoms with Crippen molar-refractivity contribution in [2.75, 3.05) is 25.5 Å². The first kappa shape index (κ1) is 32.3. The lowest BCUT2D eigenvalue weighted by molar-refractivity contribution is 0.176. The van der Waals surface area contributed by atoms with Crippen LogP contribution in [0.25, 0.3) is 4.85 Å². The molecule has 0 aliphatic heterocycles. The van der Waals surface area contributed by atoms with Gasteiger partial charge in [0.05, 0.1) is 11.4 Å². The summed E-state index contributed by atoms with van der Waals surface area (Å²) < 4.78 is 14.3. The molecule has 0 spiro atoms. The summed E-state index contributed by atoms with van der Waals surface area (Å²) in [5, 5.41) is 0. The normalized spacial score (nSPS) is 12.7. The van der Waals surface area contributed by atoms with Gasteiger partial charge in [0.25, 0.3) is 8.53 Å². The highest BCUT2D eigenvalue weighted by atomic mass is 32.2. The zero-order valence-electron chi connectivity index (χ0n) is 24.5. The Morgan fingerprint density at radius 3 is 1.60 bits per heavy atom. The van der Waals surface area contributed by atoms with E-state index < -0.39 is 8.53 Å². The summed E-state index contributed by atoms with van der Waals surface area (Å²) in [5.41, 5.74) is 3.95. The molecule has 0 bridgehead atoms. The van der Waals surface area contributed by atoms with Crippen molar-refractivity contribution in [1.82, 2.24) is 4.67 Å². The number of rotatable bonds is 18. The summed E-state index contributed by atoms with van der Waals surface area (Å²) in [7, 11) is -1.15. The quantitative estimate of drug-likeness (QED) is 0.0652. The van der Waals surface area contributed by atoms with Crippen molar-refractivity contribution in [2.24, 2.45) is 0 Å². The predicted molar refractivity (Wildman–Crippen MR) is 173 cm³/mol. The Labute approximate surface area is 248 Å². The second-order valence-corrected chi connectivity index (χ2v) is 13.2. The first-order valence-corrected chi connectivity index (χ1v) is 16.6. The van der Waals surface area contributed by atoms with Gasteiger partial charge in [0.15, 0.2) is 0 Å². The molecule has 0 amide bonds. The van der Waals surface area contributed by atoms with E-state index in [1.807, 2.05) is 11.8 Å².